The van der Waals surface area contributed by atoms with Gasteiger partial charge in [-0.25, -0.2) is 0 Å². The zero-order valence-corrected chi connectivity index (χ0v) is 18.4. The summed E-state index contributed by atoms with van der Waals surface area (Å²) in [6, 6.07) is 20.0. The van der Waals surface area contributed by atoms with Gasteiger partial charge in [-0.15, -0.1) is 0 Å². The van der Waals surface area contributed by atoms with Crippen LogP contribution in [0, 0.1) is 13.8 Å². The van der Waals surface area contributed by atoms with Gasteiger partial charge >= 0.3 is 0 Å². The van der Waals surface area contributed by atoms with E-state index in [4.69, 9.17) is 0 Å². The van der Waals surface area contributed by atoms with Crippen LogP contribution >= 0.6 is 0 Å². The number of benzene rings is 3. The lowest BCUT2D eigenvalue weighted by atomic mass is 10.1. The molecule has 1 N–H and O–H groups in total. The molecule has 1 aliphatic rings. The number of carbonyl (C=O) groups is 2. The molecule has 3 aromatic carbocycles. The summed E-state index contributed by atoms with van der Waals surface area (Å²) in [5, 5.41) is 2.88. The molecule has 0 spiro atoms. The van der Waals surface area contributed by atoms with Crippen LogP contribution in [0.2, 0.25) is 0 Å². The molecule has 31 heavy (non-hydrogen) atoms. The van der Waals surface area contributed by atoms with E-state index in [-0.39, 0.29) is 11.8 Å². The van der Waals surface area contributed by atoms with Crippen molar-refractivity contribution < 1.29 is 13.8 Å². The highest BCUT2D eigenvalue weighted by atomic mass is 32.2. The molecule has 1 atom stereocenters. The van der Waals surface area contributed by atoms with Gasteiger partial charge in [-0.05, 0) is 67.8 Å². The first-order valence-corrected chi connectivity index (χ1v) is 11.5. The van der Waals surface area contributed by atoms with Gasteiger partial charge in [0.15, 0.2) is 0 Å². The molecule has 0 aromatic heterocycles. The first-order valence-electron chi connectivity index (χ1n) is 10.2. The van der Waals surface area contributed by atoms with E-state index in [1.807, 2.05) is 50.2 Å². The molecule has 1 heterocycles. The zero-order valence-electron chi connectivity index (χ0n) is 17.6. The number of nitrogens with zero attached hydrogens (tertiary/aromatic N) is 1. The number of fused-ring (bicyclic) bond motifs is 1. The second-order valence-electron chi connectivity index (χ2n) is 7.63. The van der Waals surface area contributed by atoms with Crippen molar-refractivity contribution in [3.8, 4) is 0 Å². The molecule has 2 amide bonds. The summed E-state index contributed by atoms with van der Waals surface area (Å²) in [5.74, 6) is 0.227. The maximum atomic E-state index is 13.3. The quantitative estimate of drug-likeness (QED) is 0.652. The molecule has 1 unspecified atom stereocenters. The number of aryl methyl sites for hydroxylation is 2. The highest BCUT2D eigenvalue weighted by Crippen LogP contribution is 2.31. The second-order valence-corrected chi connectivity index (χ2v) is 9.14. The topological polar surface area (TPSA) is 66.5 Å². The predicted octanol–water partition coefficient (Wildman–Crippen LogP) is 4.71. The third-order valence-corrected chi connectivity index (χ3v) is 7.09. The van der Waals surface area contributed by atoms with Crippen LogP contribution in [0.3, 0.4) is 0 Å². The normalized spacial score (nSPS) is 15.7. The highest BCUT2D eigenvalue weighted by Gasteiger charge is 2.26. The maximum Gasteiger partial charge on any atom is 0.258 e. The second kappa shape index (κ2) is 8.86. The van der Waals surface area contributed by atoms with Gasteiger partial charge in [0.25, 0.3) is 11.8 Å². The minimum absolute atomic E-state index is 0.137. The van der Waals surface area contributed by atoms with E-state index < -0.39 is 10.8 Å². The average molecular weight is 433 g/mol. The molecule has 0 bridgehead atoms. The van der Waals surface area contributed by atoms with Crippen LogP contribution in [0.15, 0.2) is 71.6 Å². The molecule has 4 rings (SSSR count). The van der Waals surface area contributed by atoms with Crippen molar-refractivity contribution in [2.24, 2.45) is 0 Å². The Hall–Kier alpha value is -3.25. The summed E-state index contributed by atoms with van der Waals surface area (Å²) >= 11 is 0. The number of hydrogen-bond acceptors (Lipinski definition) is 3. The van der Waals surface area contributed by atoms with Gasteiger partial charge in [-0.1, -0.05) is 30.3 Å². The van der Waals surface area contributed by atoms with E-state index in [2.05, 4.69) is 5.32 Å². The molecular weight excluding hydrogens is 408 g/mol. The van der Waals surface area contributed by atoms with Crippen molar-refractivity contribution in [3.05, 3.63) is 89.0 Å². The van der Waals surface area contributed by atoms with Gasteiger partial charge in [0, 0.05) is 29.1 Å². The molecule has 6 heteroatoms. The lowest BCUT2D eigenvalue weighted by Gasteiger charge is -2.23. The van der Waals surface area contributed by atoms with Crippen LogP contribution in [0.25, 0.3) is 0 Å². The summed E-state index contributed by atoms with van der Waals surface area (Å²) in [6.07, 6.45) is 0.678. The standard InChI is InChI=1S/C25H24N2O3S/c1-17-7-3-4-9-21(17)24(28)26-20-13-11-19(12-14-20)25(29)27-15-6-16-31(30)23-18(2)8-5-10-22(23)27/h3-5,7-14H,6,15-16H2,1-2H3,(H,26,28). The fourth-order valence-electron chi connectivity index (χ4n) is 3.81. The van der Waals surface area contributed by atoms with Gasteiger partial charge in [-0.2, -0.15) is 0 Å². The van der Waals surface area contributed by atoms with Crippen molar-refractivity contribution in [1.82, 2.24) is 0 Å². The number of carbonyl (C=O) groups excluding carboxylic acids is 2. The Morgan fingerprint density at radius 1 is 0.903 bits per heavy atom. The Morgan fingerprint density at radius 2 is 1.61 bits per heavy atom. The first-order chi connectivity index (χ1) is 15.0. The van der Waals surface area contributed by atoms with E-state index in [0.29, 0.717) is 35.5 Å². The van der Waals surface area contributed by atoms with Gasteiger partial charge in [-0.3, -0.25) is 13.8 Å². The van der Waals surface area contributed by atoms with E-state index in [0.717, 1.165) is 21.7 Å². The van der Waals surface area contributed by atoms with Gasteiger partial charge < -0.3 is 10.2 Å². The minimum Gasteiger partial charge on any atom is -0.322 e. The summed E-state index contributed by atoms with van der Waals surface area (Å²) in [6.45, 7) is 4.34. The Balaban J connectivity index is 1.56. The summed E-state index contributed by atoms with van der Waals surface area (Å²) < 4.78 is 12.7. The molecule has 0 saturated heterocycles. The zero-order chi connectivity index (χ0) is 22.0. The minimum atomic E-state index is -1.11. The molecular formula is C25H24N2O3S. The molecule has 0 aliphatic carbocycles. The summed E-state index contributed by atoms with van der Waals surface area (Å²) in [5.41, 5.74) is 4.32. The molecule has 158 valence electrons. The SMILES string of the molecule is Cc1ccccc1C(=O)Nc1ccc(C(=O)N2CCCS(=O)c3c(C)cccc32)cc1. The summed E-state index contributed by atoms with van der Waals surface area (Å²) in [4.78, 5) is 28.3. The van der Waals surface area contributed by atoms with Crippen LogP contribution < -0.4 is 10.2 Å². The largest absolute Gasteiger partial charge is 0.322 e. The third-order valence-electron chi connectivity index (χ3n) is 5.45. The van der Waals surface area contributed by atoms with Gasteiger partial charge in [0.05, 0.1) is 21.4 Å². The van der Waals surface area contributed by atoms with Crippen molar-refractivity contribution in [1.29, 1.82) is 0 Å². The molecule has 3 aromatic rings. The number of rotatable bonds is 3. The van der Waals surface area contributed by atoms with E-state index in [1.54, 1.807) is 35.2 Å². The number of nitrogens with one attached hydrogen (secondary N) is 1. The molecule has 0 fully saturated rings. The fraction of sp³-hybridized carbons (Fsp3) is 0.200. The number of anilines is 2. The smallest absolute Gasteiger partial charge is 0.258 e. The Bertz CT molecular complexity index is 1170. The van der Waals surface area contributed by atoms with Gasteiger partial charge in [0.1, 0.15) is 0 Å². The lowest BCUT2D eigenvalue weighted by Crippen LogP contribution is -2.31. The molecule has 0 saturated carbocycles. The molecule has 1 aliphatic heterocycles. The number of hydrogen-bond donors (Lipinski definition) is 1. The molecule has 0 radical (unpaired) electrons. The van der Waals surface area contributed by atoms with Crippen molar-refractivity contribution >= 4 is 34.0 Å². The van der Waals surface area contributed by atoms with Crippen molar-refractivity contribution in [2.75, 3.05) is 22.5 Å². The third kappa shape index (κ3) is 4.30. The van der Waals surface area contributed by atoms with Crippen molar-refractivity contribution in [2.45, 2.75) is 25.2 Å². The number of amides is 2. The van der Waals surface area contributed by atoms with E-state index >= 15 is 0 Å². The maximum absolute atomic E-state index is 13.3. The predicted molar refractivity (Wildman–Crippen MR) is 124 cm³/mol. The Kier molecular flexibility index (Phi) is 6.00. The summed E-state index contributed by atoms with van der Waals surface area (Å²) in [7, 11) is -1.11. The van der Waals surface area contributed by atoms with Crippen LogP contribution in [-0.4, -0.2) is 28.3 Å². The van der Waals surface area contributed by atoms with E-state index in [1.165, 1.54) is 0 Å². The monoisotopic (exact) mass is 432 g/mol. The highest BCUT2D eigenvalue weighted by molar-refractivity contribution is 7.85. The van der Waals surface area contributed by atoms with Crippen LogP contribution in [0.1, 0.15) is 38.3 Å². The van der Waals surface area contributed by atoms with Crippen LogP contribution in [0.5, 0.6) is 0 Å². The Labute approximate surface area is 184 Å². The van der Waals surface area contributed by atoms with Gasteiger partial charge in [0.2, 0.25) is 0 Å². The first kappa shape index (κ1) is 21.0. The van der Waals surface area contributed by atoms with Crippen LogP contribution in [-0.2, 0) is 10.8 Å². The fourth-order valence-corrected chi connectivity index (χ4v) is 5.25. The molecule has 5 nitrogen and oxygen atoms in total. The lowest BCUT2D eigenvalue weighted by molar-refractivity contribution is 0.0985. The Morgan fingerprint density at radius 3 is 2.35 bits per heavy atom. The average Bonchev–Trinajstić information content (AvgIpc) is 2.93. The van der Waals surface area contributed by atoms with E-state index in [9.17, 15) is 13.8 Å². The van der Waals surface area contributed by atoms with Crippen LogP contribution in [0.4, 0.5) is 11.4 Å². The van der Waals surface area contributed by atoms with Crippen molar-refractivity contribution in [3.63, 3.8) is 0 Å².